The van der Waals surface area contributed by atoms with Gasteiger partial charge >= 0.3 is 5.97 Å². The normalized spacial score (nSPS) is 31.5. The summed E-state index contributed by atoms with van der Waals surface area (Å²) in [5.74, 6) is -1.48. The van der Waals surface area contributed by atoms with Gasteiger partial charge in [0, 0.05) is 19.7 Å². The lowest BCUT2D eigenvalue weighted by atomic mass is 10.0. The maximum absolute atomic E-state index is 12.2. The Kier molecular flexibility index (Phi) is 3.70. The first-order valence-electron chi connectivity index (χ1n) is 5.81. The smallest absolute Gasteiger partial charge is 0.307 e. The summed E-state index contributed by atoms with van der Waals surface area (Å²) in [4.78, 5) is 10.9. The molecule has 0 radical (unpaired) electrons. The van der Waals surface area contributed by atoms with Crippen molar-refractivity contribution >= 4 is 16.0 Å². The Balaban J connectivity index is 2.08. The number of carboxylic acid groups (broad SMARTS) is 1. The largest absolute Gasteiger partial charge is 0.481 e. The van der Waals surface area contributed by atoms with Crippen LogP contribution in [-0.2, 0) is 19.6 Å². The number of piperidine rings is 1. The molecule has 0 amide bonds. The van der Waals surface area contributed by atoms with Gasteiger partial charge in [-0.25, -0.2) is 12.7 Å². The molecule has 7 heteroatoms. The van der Waals surface area contributed by atoms with E-state index in [0.717, 1.165) is 0 Å². The Labute approximate surface area is 101 Å². The summed E-state index contributed by atoms with van der Waals surface area (Å²) in [6.07, 6.45) is 1.68. The number of rotatable bonds is 3. The zero-order valence-corrected chi connectivity index (χ0v) is 10.4. The summed E-state index contributed by atoms with van der Waals surface area (Å²) in [7, 11) is -3.38. The lowest BCUT2D eigenvalue weighted by Crippen LogP contribution is -2.46. The first-order valence-corrected chi connectivity index (χ1v) is 7.31. The summed E-state index contributed by atoms with van der Waals surface area (Å²) >= 11 is 0. The number of hydrogen-bond acceptors (Lipinski definition) is 4. The van der Waals surface area contributed by atoms with Crippen LogP contribution in [-0.4, -0.2) is 55.4 Å². The third-order valence-electron chi connectivity index (χ3n) is 3.40. The van der Waals surface area contributed by atoms with Gasteiger partial charge in [0.1, 0.15) is 5.25 Å². The van der Waals surface area contributed by atoms with Gasteiger partial charge in [-0.15, -0.1) is 0 Å². The predicted molar refractivity (Wildman–Crippen MR) is 60.1 cm³/mol. The predicted octanol–water partition coefficient (Wildman–Crippen LogP) is -0.0983. The zero-order chi connectivity index (χ0) is 12.5. The van der Waals surface area contributed by atoms with Crippen LogP contribution in [0.5, 0.6) is 0 Å². The van der Waals surface area contributed by atoms with Crippen LogP contribution in [0.3, 0.4) is 0 Å². The summed E-state index contributed by atoms with van der Waals surface area (Å²) in [6, 6.07) is 0. The van der Waals surface area contributed by atoms with E-state index in [-0.39, 0.29) is 13.2 Å². The van der Waals surface area contributed by atoms with Crippen molar-refractivity contribution < 1.29 is 23.1 Å². The van der Waals surface area contributed by atoms with E-state index in [1.54, 1.807) is 0 Å². The Morgan fingerprint density at radius 1 is 1.35 bits per heavy atom. The minimum Gasteiger partial charge on any atom is -0.481 e. The van der Waals surface area contributed by atoms with Crippen LogP contribution >= 0.6 is 0 Å². The molecule has 2 unspecified atom stereocenters. The van der Waals surface area contributed by atoms with E-state index < -0.39 is 27.2 Å². The molecule has 0 aromatic carbocycles. The average molecular weight is 263 g/mol. The van der Waals surface area contributed by atoms with Gasteiger partial charge in [-0.1, -0.05) is 0 Å². The standard InChI is InChI=1S/C10H17NO5S/c12-10(13)8-2-1-4-11(6-8)17(14,15)9-3-5-16-7-9/h8-9H,1-7H2,(H,12,13). The number of aliphatic carboxylic acids is 1. The number of ether oxygens (including phenoxy) is 1. The van der Waals surface area contributed by atoms with E-state index in [9.17, 15) is 13.2 Å². The van der Waals surface area contributed by atoms with Crippen LogP contribution in [0.4, 0.5) is 0 Å². The maximum atomic E-state index is 12.2. The van der Waals surface area contributed by atoms with E-state index in [2.05, 4.69) is 0 Å². The maximum Gasteiger partial charge on any atom is 0.307 e. The third kappa shape index (κ3) is 2.61. The summed E-state index contributed by atoms with van der Waals surface area (Å²) in [5.41, 5.74) is 0. The highest BCUT2D eigenvalue weighted by atomic mass is 32.2. The number of hydrogen-bond donors (Lipinski definition) is 1. The van der Waals surface area contributed by atoms with Crippen molar-refractivity contribution in [2.75, 3.05) is 26.3 Å². The Morgan fingerprint density at radius 3 is 2.71 bits per heavy atom. The molecule has 17 heavy (non-hydrogen) atoms. The molecule has 2 fully saturated rings. The molecular formula is C10H17NO5S. The number of nitrogens with zero attached hydrogens (tertiary/aromatic N) is 1. The van der Waals surface area contributed by atoms with Crippen molar-refractivity contribution in [3.05, 3.63) is 0 Å². The number of carbonyl (C=O) groups is 1. The van der Waals surface area contributed by atoms with Crippen LogP contribution in [0.15, 0.2) is 0 Å². The van der Waals surface area contributed by atoms with Crippen molar-refractivity contribution in [3.8, 4) is 0 Å². The molecule has 0 aromatic heterocycles. The average Bonchev–Trinajstić information content (AvgIpc) is 2.83. The minimum absolute atomic E-state index is 0.105. The van der Waals surface area contributed by atoms with E-state index in [1.807, 2.05) is 0 Å². The molecule has 98 valence electrons. The molecule has 1 N–H and O–H groups in total. The third-order valence-corrected chi connectivity index (χ3v) is 5.67. The van der Waals surface area contributed by atoms with Crippen LogP contribution in [0, 0.1) is 5.92 Å². The van der Waals surface area contributed by atoms with Crippen molar-refractivity contribution in [3.63, 3.8) is 0 Å². The Hall–Kier alpha value is -0.660. The quantitative estimate of drug-likeness (QED) is 0.768. The zero-order valence-electron chi connectivity index (χ0n) is 9.54. The molecule has 2 heterocycles. The number of carboxylic acids is 1. The SMILES string of the molecule is O=C(O)C1CCCN(S(=O)(=O)C2CCOC2)C1. The van der Waals surface area contributed by atoms with Gasteiger partial charge in [0.2, 0.25) is 10.0 Å². The van der Waals surface area contributed by atoms with Gasteiger partial charge in [-0.2, -0.15) is 0 Å². The Morgan fingerprint density at radius 2 is 2.12 bits per heavy atom. The summed E-state index contributed by atoms with van der Waals surface area (Å²) < 4.78 is 30.8. The molecular weight excluding hydrogens is 246 g/mol. The lowest BCUT2D eigenvalue weighted by molar-refractivity contribution is -0.142. The molecule has 0 aliphatic carbocycles. The fourth-order valence-corrected chi connectivity index (χ4v) is 4.19. The first-order chi connectivity index (χ1) is 8.01. The summed E-state index contributed by atoms with van der Waals surface area (Å²) in [5, 5.41) is 8.45. The highest BCUT2D eigenvalue weighted by Crippen LogP contribution is 2.24. The fraction of sp³-hybridized carbons (Fsp3) is 0.900. The highest BCUT2D eigenvalue weighted by molar-refractivity contribution is 7.89. The molecule has 6 nitrogen and oxygen atoms in total. The molecule has 2 aliphatic heterocycles. The first kappa shape index (κ1) is 12.8. The monoisotopic (exact) mass is 263 g/mol. The second-order valence-corrected chi connectivity index (χ2v) is 6.78. The van der Waals surface area contributed by atoms with E-state index in [1.165, 1.54) is 4.31 Å². The minimum atomic E-state index is -3.38. The molecule has 0 aromatic rings. The topological polar surface area (TPSA) is 83.9 Å². The number of sulfonamides is 1. The molecule has 0 spiro atoms. The van der Waals surface area contributed by atoms with Crippen molar-refractivity contribution in [2.45, 2.75) is 24.5 Å². The highest BCUT2D eigenvalue weighted by Gasteiger charge is 2.38. The van der Waals surface area contributed by atoms with Crippen molar-refractivity contribution in [1.82, 2.24) is 4.31 Å². The van der Waals surface area contributed by atoms with Crippen LogP contribution < -0.4 is 0 Å². The van der Waals surface area contributed by atoms with Gasteiger partial charge < -0.3 is 9.84 Å². The van der Waals surface area contributed by atoms with Crippen molar-refractivity contribution in [2.24, 2.45) is 5.92 Å². The van der Waals surface area contributed by atoms with Gasteiger partial charge in [-0.3, -0.25) is 4.79 Å². The van der Waals surface area contributed by atoms with Gasteiger partial charge in [0.25, 0.3) is 0 Å². The summed E-state index contributed by atoms with van der Waals surface area (Å²) in [6.45, 7) is 1.24. The van der Waals surface area contributed by atoms with Crippen LogP contribution in [0.25, 0.3) is 0 Å². The molecule has 0 bridgehead atoms. The van der Waals surface area contributed by atoms with Crippen LogP contribution in [0.2, 0.25) is 0 Å². The van der Waals surface area contributed by atoms with Gasteiger partial charge in [0.05, 0.1) is 12.5 Å². The Bertz CT molecular complexity index is 388. The van der Waals surface area contributed by atoms with Crippen molar-refractivity contribution in [1.29, 1.82) is 0 Å². The molecule has 0 saturated carbocycles. The lowest BCUT2D eigenvalue weighted by Gasteiger charge is -2.31. The molecule has 2 atom stereocenters. The second kappa shape index (κ2) is 4.91. The molecule has 2 rings (SSSR count). The van der Waals surface area contributed by atoms with E-state index in [4.69, 9.17) is 9.84 Å². The van der Waals surface area contributed by atoms with Gasteiger partial charge in [-0.05, 0) is 19.3 Å². The molecule has 2 aliphatic rings. The van der Waals surface area contributed by atoms with Gasteiger partial charge in [0.15, 0.2) is 0 Å². The van der Waals surface area contributed by atoms with E-state index >= 15 is 0 Å². The molecule has 2 saturated heterocycles. The second-order valence-electron chi connectivity index (χ2n) is 4.57. The van der Waals surface area contributed by atoms with E-state index in [0.29, 0.717) is 32.4 Å². The van der Waals surface area contributed by atoms with Crippen LogP contribution in [0.1, 0.15) is 19.3 Å². The fourth-order valence-electron chi connectivity index (χ4n) is 2.33.